The first kappa shape index (κ1) is 27.5. The van der Waals surface area contributed by atoms with E-state index in [4.69, 9.17) is 4.74 Å². The van der Waals surface area contributed by atoms with E-state index in [0.29, 0.717) is 30.2 Å². The molecule has 0 aliphatic heterocycles. The lowest BCUT2D eigenvalue weighted by Gasteiger charge is -2.27. The summed E-state index contributed by atoms with van der Waals surface area (Å²) in [4.78, 5) is 24.7. The van der Waals surface area contributed by atoms with E-state index in [9.17, 15) is 14.7 Å². The molecule has 40 heavy (non-hydrogen) atoms. The highest BCUT2D eigenvalue weighted by Crippen LogP contribution is 2.34. The van der Waals surface area contributed by atoms with Crippen LogP contribution >= 0.6 is 0 Å². The number of fused-ring (bicyclic) bond motifs is 1. The Hall–Kier alpha value is -4.06. The minimum absolute atomic E-state index is 0.0788. The summed E-state index contributed by atoms with van der Waals surface area (Å²) in [5.41, 5.74) is 6.15. The van der Waals surface area contributed by atoms with E-state index in [2.05, 4.69) is 41.9 Å². The normalized spacial score (nSPS) is 13.7. The summed E-state index contributed by atoms with van der Waals surface area (Å²) >= 11 is 0. The fourth-order valence-electron chi connectivity index (χ4n) is 5.45. The number of hydrogen-bond acceptors (Lipinski definition) is 3. The molecule has 0 radical (unpaired) electrons. The third-order valence-electron chi connectivity index (χ3n) is 8.09. The number of aliphatic carboxylic acids is 1. The second-order valence-electron chi connectivity index (χ2n) is 11.6. The van der Waals surface area contributed by atoms with Crippen LogP contribution in [0.3, 0.4) is 0 Å². The Kier molecular flexibility index (Phi) is 7.70. The molecule has 2 N–H and O–H groups in total. The summed E-state index contributed by atoms with van der Waals surface area (Å²) in [7, 11) is 0. The number of carboxylic acids is 1. The maximum Gasteiger partial charge on any atom is 0.347 e. The number of carboxylic acid groups (broad SMARTS) is 1. The van der Waals surface area contributed by atoms with Crippen molar-refractivity contribution in [3.63, 3.8) is 0 Å². The van der Waals surface area contributed by atoms with Crippen molar-refractivity contribution in [3.05, 3.63) is 100 Å². The molecule has 6 heteroatoms. The first-order chi connectivity index (χ1) is 19.1. The Bertz CT molecular complexity index is 1560. The predicted octanol–water partition coefficient (Wildman–Crippen LogP) is 6.82. The summed E-state index contributed by atoms with van der Waals surface area (Å²) in [6, 6.07) is 21.9. The standard InChI is InChI=1S/C34H38N2O4/c1-22-8-5-12-26(16-22)20-35-32(37)27-14-15-29-30(23(2)36(31(29)19-27)21-24-9-6-10-24)18-25-11-7-13-28(17-25)40-34(3,4)33(38)39/h5,7-8,11-17,19,24H,6,9-10,18,20-21H2,1-4H3,(H,35,37)(H,38,39). The zero-order chi connectivity index (χ0) is 28.4. The zero-order valence-electron chi connectivity index (χ0n) is 23.8. The van der Waals surface area contributed by atoms with Crippen molar-refractivity contribution in [2.24, 2.45) is 5.92 Å². The van der Waals surface area contributed by atoms with Crippen molar-refractivity contribution >= 4 is 22.8 Å². The summed E-state index contributed by atoms with van der Waals surface area (Å²) < 4.78 is 8.18. The molecule has 0 saturated heterocycles. The van der Waals surface area contributed by atoms with Crippen LogP contribution in [0.15, 0.2) is 66.7 Å². The van der Waals surface area contributed by atoms with E-state index in [1.807, 2.05) is 42.5 Å². The molecule has 1 aromatic heterocycles. The minimum Gasteiger partial charge on any atom is -0.478 e. The molecular formula is C34H38N2O4. The summed E-state index contributed by atoms with van der Waals surface area (Å²) in [5.74, 6) is 0.112. The molecule has 0 bridgehead atoms. The first-order valence-corrected chi connectivity index (χ1v) is 14.1. The molecule has 4 aromatic rings. The van der Waals surface area contributed by atoms with Gasteiger partial charge in [-0.05, 0) is 93.8 Å². The van der Waals surface area contributed by atoms with Crippen molar-refractivity contribution in [2.45, 2.75) is 72.1 Å². The van der Waals surface area contributed by atoms with Gasteiger partial charge in [-0.15, -0.1) is 0 Å². The van der Waals surface area contributed by atoms with E-state index < -0.39 is 11.6 Å². The molecule has 3 aromatic carbocycles. The van der Waals surface area contributed by atoms with Gasteiger partial charge >= 0.3 is 5.97 Å². The lowest BCUT2D eigenvalue weighted by Crippen LogP contribution is -2.37. The Balaban J connectivity index is 1.44. The first-order valence-electron chi connectivity index (χ1n) is 14.1. The van der Waals surface area contributed by atoms with Crippen LogP contribution in [0.25, 0.3) is 10.9 Å². The van der Waals surface area contributed by atoms with Gasteiger partial charge in [0, 0.05) is 35.2 Å². The topological polar surface area (TPSA) is 80.6 Å². The number of nitrogens with zero attached hydrogens (tertiary/aromatic N) is 1. The minimum atomic E-state index is -1.32. The van der Waals surface area contributed by atoms with E-state index in [1.54, 1.807) is 19.9 Å². The second kappa shape index (κ2) is 11.2. The van der Waals surface area contributed by atoms with Gasteiger partial charge in [0.05, 0.1) is 0 Å². The lowest BCUT2D eigenvalue weighted by atomic mass is 9.85. The molecule has 0 unspecified atom stereocenters. The third-order valence-corrected chi connectivity index (χ3v) is 8.09. The SMILES string of the molecule is Cc1cccc(CNC(=O)c2ccc3c(Cc4cccc(OC(C)(C)C(=O)O)c4)c(C)n(CC4CCC4)c3c2)c1. The van der Waals surface area contributed by atoms with Gasteiger partial charge in [-0.2, -0.15) is 0 Å². The van der Waals surface area contributed by atoms with Gasteiger partial charge in [0.15, 0.2) is 5.60 Å². The maximum atomic E-state index is 13.2. The summed E-state index contributed by atoms with van der Waals surface area (Å²) in [5, 5.41) is 13.7. The smallest absolute Gasteiger partial charge is 0.347 e. The van der Waals surface area contributed by atoms with E-state index in [1.165, 1.54) is 36.1 Å². The highest BCUT2D eigenvalue weighted by Gasteiger charge is 2.29. The molecule has 1 fully saturated rings. The van der Waals surface area contributed by atoms with Crippen LogP contribution < -0.4 is 10.1 Å². The molecule has 1 saturated carbocycles. The van der Waals surface area contributed by atoms with Crippen LogP contribution in [-0.2, 0) is 24.3 Å². The fourth-order valence-corrected chi connectivity index (χ4v) is 5.45. The van der Waals surface area contributed by atoms with Crippen LogP contribution in [0.5, 0.6) is 5.75 Å². The quantitative estimate of drug-likeness (QED) is 0.232. The average molecular weight is 539 g/mol. The van der Waals surface area contributed by atoms with Gasteiger partial charge in [0.25, 0.3) is 5.91 Å². The van der Waals surface area contributed by atoms with Crippen LogP contribution in [0.1, 0.15) is 71.4 Å². The fraction of sp³-hybridized carbons (Fsp3) is 0.353. The Labute approximate surface area is 236 Å². The number of amides is 1. The Morgan fingerprint density at radius 2 is 1.75 bits per heavy atom. The maximum absolute atomic E-state index is 13.2. The van der Waals surface area contributed by atoms with Crippen molar-refractivity contribution in [1.29, 1.82) is 0 Å². The molecule has 5 rings (SSSR count). The van der Waals surface area contributed by atoms with Gasteiger partial charge < -0.3 is 19.7 Å². The number of benzene rings is 3. The number of carbonyl (C=O) groups excluding carboxylic acids is 1. The Morgan fingerprint density at radius 3 is 2.45 bits per heavy atom. The molecule has 6 nitrogen and oxygen atoms in total. The van der Waals surface area contributed by atoms with Crippen molar-refractivity contribution in [3.8, 4) is 5.75 Å². The van der Waals surface area contributed by atoms with E-state index in [-0.39, 0.29) is 5.91 Å². The van der Waals surface area contributed by atoms with Crippen molar-refractivity contribution in [2.75, 3.05) is 0 Å². The van der Waals surface area contributed by atoms with Gasteiger partial charge in [-0.1, -0.05) is 54.4 Å². The van der Waals surface area contributed by atoms with Crippen molar-refractivity contribution < 1.29 is 19.4 Å². The number of aryl methyl sites for hydroxylation is 1. The summed E-state index contributed by atoms with van der Waals surface area (Å²) in [6.07, 6.45) is 4.44. The molecule has 1 amide bonds. The van der Waals surface area contributed by atoms with E-state index in [0.717, 1.165) is 28.6 Å². The molecule has 1 heterocycles. The second-order valence-corrected chi connectivity index (χ2v) is 11.6. The molecular weight excluding hydrogens is 500 g/mol. The molecule has 1 aliphatic carbocycles. The number of hydrogen-bond donors (Lipinski definition) is 2. The molecule has 1 aliphatic rings. The number of carbonyl (C=O) groups is 2. The van der Waals surface area contributed by atoms with Crippen LogP contribution in [0, 0.1) is 19.8 Å². The number of nitrogens with one attached hydrogen (secondary N) is 1. The van der Waals surface area contributed by atoms with Gasteiger partial charge in [0.2, 0.25) is 0 Å². The third kappa shape index (κ3) is 5.91. The molecule has 0 atom stereocenters. The molecule has 0 spiro atoms. The van der Waals surface area contributed by atoms with Crippen LogP contribution in [0.4, 0.5) is 0 Å². The van der Waals surface area contributed by atoms with Gasteiger partial charge in [-0.25, -0.2) is 4.79 Å². The lowest BCUT2D eigenvalue weighted by molar-refractivity contribution is -0.152. The molecule has 208 valence electrons. The average Bonchev–Trinajstić information content (AvgIpc) is 3.14. The van der Waals surface area contributed by atoms with Crippen molar-refractivity contribution in [1.82, 2.24) is 9.88 Å². The van der Waals surface area contributed by atoms with Gasteiger partial charge in [0.1, 0.15) is 5.75 Å². The van der Waals surface area contributed by atoms with Crippen LogP contribution in [0.2, 0.25) is 0 Å². The number of aromatic nitrogens is 1. The summed E-state index contributed by atoms with van der Waals surface area (Å²) in [6.45, 7) is 8.76. The Morgan fingerprint density at radius 1 is 1.00 bits per heavy atom. The van der Waals surface area contributed by atoms with Gasteiger partial charge in [-0.3, -0.25) is 4.79 Å². The highest BCUT2D eigenvalue weighted by atomic mass is 16.5. The van der Waals surface area contributed by atoms with Crippen LogP contribution in [-0.4, -0.2) is 27.2 Å². The number of ether oxygens (including phenoxy) is 1. The number of rotatable bonds is 10. The predicted molar refractivity (Wildman–Crippen MR) is 158 cm³/mol. The van der Waals surface area contributed by atoms with E-state index >= 15 is 0 Å². The largest absolute Gasteiger partial charge is 0.478 e. The monoisotopic (exact) mass is 538 g/mol. The highest BCUT2D eigenvalue weighted by molar-refractivity contribution is 5.99. The zero-order valence-corrected chi connectivity index (χ0v) is 23.8.